The molecule has 9 heteroatoms. The molecule has 0 aliphatic carbocycles. The van der Waals surface area contributed by atoms with Crippen molar-refractivity contribution in [1.82, 2.24) is 5.32 Å². The molecule has 1 aromatic carbocycles. The van der Waals surface area contributed by atoms with Gasteiger partial charge in [0.05, 0.1) is 17.6 Å². The summed E-state index contributed by atoms with van der Waals surface area (Å²) in [4.78, 5) is 22.2. The smallest absolute Gasteiger partial charge is 0.303 e. The molecule has 0 heterocycles. The van der Waals surface area contributed by atoms with E-state index in [0.717, 1.165) is 6.07 Å². The largest absolute Gasteiger partial charge is 0.496 e. The van der Waals surface area contributed by atoms with Gasteiger partial charge in [-0.3, -0.25) is 9.59 Å². The van der Waals surface area contributed by atoms with Gasteiger partial charge in [0.25, 0.3) is 5.91 Å². The second-order valence-electron chi connectivity index (χ2n) is 4.51. The molecular weight excluding hydrogens is 312 g/mol. The zero-order chi connectivity index (χ0) is 16.8. The number of carbonyl (C=O) groups is 2. The van der Waals surface area contributed by atoms with Gasteiger partial charge < -0.3 is 15.2 Å². The van der Waals surface area contributed by atoms with Crippen molar-refractivity contribution in [2.45, 2.75) is 24.2 Å². The predicted octanol–water partition coefficient (Wildman–Crippen LogP) is 0.327. The fourth-order valence-corrected chi connectivity index (χ4v) is 2.28. The minimum Gasteiger partial charge on any atom is -0.496 e. The molecule has 0 aliphatic heterocycles. The lowest BCUT2D eigenvalue weighted by atomic mass is 10.1. The second-order valence-corrected chi connectivity index (χ2v) is 6.08. The molecule has 0 saturated heterocycles. The number of nitrogens with two attached hydrogens (primary N) is 1. The first-order chi connectivity index (χ1) is 10.3. The van der Waals surface area contributed by atoms with E-state index in [0.29, 0.717) is 12.8 Å². The maximum Gasteiger partial charge on any atom is 0.303 e. The lowest BCUT2D eigenvalue weighted by Gasteiger charge is -2.10. The number of ether oxygens (including phenoxy) is 1. The highest BCUT2D eigenvalue weighted by Gasteiger charge is 2.17. The maximum absolute atomic E-state index is 12.1. The van der Waals surface area contributed by atoms with Crippen molar-refractivity contribution in [3.63, 3.8) is 0 Å². The van der Waals surface area contributed by atoms with Gasteiger partial charge in [-0.15, -0.1) is 0 Å². The molecule has 0 radical (unpaired) electrons. The average molecular weight is 330 g/mol. The number of carboxylic acid groups (broad SMARTS) is 1. The molecule has 0 unspecified atom stereocenters. The van der Waals surface area contributed by atoms with Crippen LogP contribution in [0.5, 0.6) is 5.75 Å². The molecule has 0 aromatic heterocycles. The van der Waals surface area contributed by atoms with Gasteiger partial charge in [-0.1, -0.05) is 0 Å². The molecule has 22 heavy (non-hydrogen) atoms. The number of hydrogen-bond donors (Lipinski definition) is 3. The SMILES string of the molecule is COc1ccc(S(N)(=O)=O)cc1C(=O)NCCCCC(=O)O. The van der Waals surface area contributed by atoms with E-state index in [9.17, 15) is 18.0 Å². The first-order valence-electron chi connectivity index (χ1n) is 6.46. The Kier molecular flexibility index (Phi) is 6.32. The Bertz CT molecular complexity index is 656. The minimum atomic E-state index is -3.92. The summed E-state index contributed by atoms with van der Waals surface area (Å²) in [6, 6.07) is 3.73. The normalized spacial score (nSPS) is 11.0. The Morgan fingerprint density at radius 3 is 2.55 bits per heavy atom. The number of aliphatic carboxylic acids is 1. The number of hydrogen-bond acceptors (Lipinski definition) is 5. The number of amides is 1. The average Bonchev–Trinajstić information content (AvgIpc) is 2.44. The number of unbranched alkanes of at least 4 members (excludes halogenated alkanes) is 1. The van der Waals surface area contributed by atoms with Crippen LogP contribution in [0.2, 0.25) is 0 Å². The number of methoxy groups -OCH3 is 1. The van der Waals surface area contributed by atoms with Crippen molar-refractivity contribution in [3.05, 3.63) is 23.8 Å². The summed E-state index contributed by atoms with van der Waals surface area (Å²) in [5.41, 5.74) is 0.0484. The third-order valence-corrected chi connectivity index (χ3v) is 3.76. The van der Waals surface area contributed by atoms with Gasteiger partial charge in [-0.2, -0.15) is 0 Å². The summed E-state index contributed by atoms with van der Waals surface area (Å²) in [6.07, 6.45) is 0.958. The van der Waals surface area contributed by atoms with Crippen LogP contribution in [0.4, 0.5) is 0 Å². The number of sulfonamides is 1. The maximum atomic E-state index is 12.1. The predicted molar refractivity (Wildman–Crippen MR) is 78.2 cm³/mol. The molecule has 8 nitrogen and oxygen atoms in total. The summed E-state index contributed by atoms with van der Waals surface area (Å²) >= 11 is 0. The van der Waals surface area contributed by atoms with Gasteiger partial charge in [0.2, 0.25) is 10.0 Å². The Morgan fingerprint density at radius 2 is 2.00 bits per heavy atom. The van der Waals surface area contributed by atoms with E-state index in [4.69, 9.17) is 15.0 Å². The number of carbonyl (C=O) groups excluding carboxylic acids is 1. The van der Waals surface area contributed by atoms with Crippen LogP contribution in [-0.4, -0.2) is 39.1 Å². The molecule has 0 atom stereocenters. The molecule has 0 fully saturated rings. The number of nitrogens with one attached hydrogen (secondary N) is 1. The number of rotatable bonds is 8. The second kappa shape index (κ2) is 7.76. The van der Waals surface area contributed by atoms with Crippen LogP contribution >= 0.6 is 0 Å². The van der Waals surface area contributed by atoms with Crippen LogP contribution in [0.25, 0.3) is 0 Å². The topological polar surface area (TPSA) is 136 Å². The lowest BCUT2D eigenvalue weighted by Crippen LogP contribution is -2.25. The van der Waals surface area contributed by atoms with Crippen molar-refractivity contribution in [2.24, 2.45) is 5.14 Å². The fraction of sp³-hybridized carbons (Fsp3) is 0.385. The van der Waals surface area contributed by atoms with Crippen LogP contribution in [0.3, 0.4) is 0 Å². The fourth-order valence-electron chi connectivity index (χ4n) is 1.74. The monoisotopic (exact) mass is 330 g/mol. The van der Waals surface area contributed by atoms with E-state index in [1.54, 1.807) is 0 Å². The van der Waals surface area contributed by atoms with Crippen molar-refractivity contribution in [1.29, 1.82) is 0 Å². The number of primary sulfonamides is 1. The molecule has 0 spiro atoms. The highest BCUT2D eigenvalue weighted by atomic mass is 32.2. The van der Waals surface area contributed by atoms with E-state index in [1.165, 1.54) is 19.2 Å². The van der Waals surface area contributed by atoms with E-state index < -0.39 is 21.9 Å². The summed E-state index contributed by atoms with van der Waals surface area (Å²) in [5.74, 6) is -1.19. The Morgan fingerprint density at radius 1 is 1.32 bits per heavy atom. The lowest BCUT2D eigenvalue weighted by molar-refractivity contribution is -0.137. The van der Waals surface area contributed by atoms with Gasteiger partial charge in [0, 0.05) is 13.0 Å². The van der Waals surface area contributed by atoms with Gasteiger partial charge in [0.1, 0.15) is 5.75 Å². The van der Waals surface area contributed by atoms with Crippen molar-refractivity contribution >= 4 is 21.9 Å². The van der Waals surface area contributed by atoms with Crippen molar-refractivity contribution in [2.75, 3.05) is 13.7 Å². The molecule has 0 aliphatic rings. The highest BCUT2D eigenvalue weighted by Crippen LogP contribution is 2.21. The quantitative estimate of drug-likeness (QED) is 0.588. The van der Waals surface area contributed by atoms with Crippen LogP contribution < -0.4 is 15.2 Å². The third-order valence-electron chi connectivity index (χ3n) is 2.85. The first-order valence-corrected chi connectivity index (χ1v) is 8.01. The Hall–Kier alpha value is -2.13. The van der Waals surface area contributed by atoms with E-state index in [-0.39, 0.29) is 29.2 Å². The summed E-state index contributed by atoms with van der Waals surface area (Å²) in [7, 11) is -2.57. The third kappa shape index (κ3) is 5.34. The molecule has 1 amide bonds. The van der Waals surface area contributed by atoms with Gasteiger partial charge in [-0.25, -0.2) is 13.6 Å². The van der Waals surface area contributed by atoms with E-state index >= 15 is 0 Å². The standard InChI is InChI=1S/C13H18N2O6S/c1-21-11-6-5-9(22(14,19)20)8-10(11)13(18)15-7-3-2-4-12(16)17/h5-6,8H,2-4,7H2,1H3,(H,15,18)(H,16,17)(H2,14,19,20). The van der Waals surface area contributed by atoms with Crippen LogP contribution in [0.1, 0.15) is 29.6 Å². The molecule has 122 valence electrons. The van der Waals surface area contributed by atoms with Gasteiger partial charge in [0.15, 0.2) is 0 Å². The summed E-state index contributed by atoms with van der Waals surface area (Å²) in [6.45, 7) is 0.273. The Labute approximate surface area is 128 Å². The zero-order valence-electron chi connectivity index (χ0n) is 12.0. The summed E-state index contributed by atoms with van der Waals surface area (Å²) in [5, 5.41) is 16.1. The highest BCUT2D eigenvalue weighted by molar-refractivity contribution is 7.89. The molecule has 0 saturated carbocycles. The number of carboxylic acids is 1. The summed E-state index contributed by atoms with van der Waals surface area (Å²) < 4.78 is 27.7. The van der Waals surface area contributed by atoms with E-state index in [2.05, 4.69) is 5.32 Å². The molecule has 0 bridgehead atoms. The van der Waals surface area contributed by atoms with Crippen molar-refractivity contribution in [3.8, 4) is 5.75 Å². The van der Waals surface area contributed by atoms with Crippen LogP contribution in [0.15, 0.2) is 23.1 Å². The van der Waals surface area contributed by atoms with Crippen LogP contribution in [0, 0.1) is 0 Å². The van der Waals surface area contributed by atoms with Gasteiger partial charge in [-0.05, 0) is 31.0 Å². The molecule has 1 rings (SSSR count). The van der Waals surface area contributed by atoms with Crippen LogP contribution in [-0.2, 0) is 14.8 Å². The molecule has 4 N–H and O–H groups in total. The first kappa shape index (κ1) is 17.9. The van der Waals surface area contributed by atoms with Gasteiger partial charge >= 0.3 is 5.97 Å². The Balaban J connectivity index is 2.77. The molecular formula is C13H18N2O6S. The molecule has 1 aromatic rings. The zero-order valence-corrected chi connectivity index (χ0v) is 12.9. The van der Waals surface area contributed by atoms with E-state index in [1.807, 2.05) is 0 Å². The number of benzene rings is 1. The van der Waals surface area contributed by atoms with Crippen molar-refractivity contribution < 1.29 is 27.9 Å². The minimum absolute atomic E-state index is 0.0279.